The standard InChI is InChI=1S/C14H28N2O/c1-11(10-15)4-5-13(17)16-12-6-8-14(2,3)9-7-12/h11-12H,4-10,15H2,1-3H3,(H,16,17). The van der Waals surface area contributed by atoms with Crippen LogP contribution in [0, 0.1) is 11.3 Å². The van der Waals surface area contributed by atoms with Crippen LogP contribution < -0.4 is 11.1 Å². The van der Waals surface area contributed by atoms with E-state index in [0.29, 0.717) is 30.3 Å². The van der Waals surface area contributed by atoms with Gasteiger partial charge in [-0.2, -0.15) is 0 Å². The molecule has 17 heavy (non-hydrogen) atoms. The summed E-state index contributed by atoms with van der Waals surface area (Å²) in [5.41, 5.74) is 6.01. The van der Waals surface area contributed by atoms with E-state index in [9.17, 15) is 4.79 Å². The quantitative estimate of drug-likeness (QED) is 0.775. The molecule has 1 rings (SSSR count). The molecular formula is C14H28N2O. The van der Waals surface area contributed by atoms with Gasteiger partial charge in [-0.15, -0.1) is 0 Å². The molecule has 3 nitrogen and oxygen atoms in total. The molecule has 0 aliphatic heterocycles. The predicted octanol–water partition coefficient (Wildman–Crippen LogP) is 2.45. The van der Waals surface area contributed by atoms with E-state index in [4.69, 9.17) is 5.73 Å². The summed E-state index contributed by atoms with van der Waals surface area (Å²) in [6.07, 6.45) is 6.23. The van der Waals surface area contributed by atoms with Crippen LogP contribution >= 0.6 is 0 Å². The highest BCUT2D eigenvalue weighted by molar-refractivity contribution is 5.76. The van der Waals surface area contributed by atoms with Crippen LogP contribution in [0.3, 0.4) is 0 Å². The minimum Gasteiger partial charge on any atom is -0.353 e. The molecule has 0 aromatic heterocycles. The Labute approximate surface area is 106 Å². The number of nitrogens with one attached hydrogen (secondary N) is 1. The first-order chi connectivity index (χ1) is 7.93. The van der Waals surface area contributed by atoms with Crippen LogP contribution in [-0.2, 0) is 4.79 Å². The summed E-state index contributed by atoms with van der Waals surface area (Å²) < 4.78 is 0. The molecule has 1 amide bonds. The molecule has 1 aliphatic rings. The Hall–Kier alpha value is -0.570. The summed E-state index contributed by atoms with van der Waals surface area (Å²) in [4.78, 5) is 11.7. The lowest BCUT2D eigenvalue weighted by molar-refractivity contribution is -0.122. The summed E-state index contributed by atoms with van der Waals surface area (Å²) in [6.45, 7) is 7.39. The summed E-state index contributed by atoms with van der Waals surface area (Å²) in [7, 11) is 0. The lowest BCUT2D eigenvalue weighted by atomic mass is 9.75. The number of rotatable bonds is 5. The highest BCUT2D eigenvalue weighted by Crippen LogP contribution is 2.34. The normalized spacial score (nSPS) is 22.1. The van der Waals surface area contributed by atoms with Gasteiger partial charge < -0.3 is 11.1 Å². The third kappa shape index (κ3) is 5.53. The molecule has 0 saturated heterocycles. The summed E-state index contributed by atoms with van der Waals surface area (Å²) in [5, 5.41) is 3.16. The maximum atomic E-state index is 11.7. The van der Waals surface area contributed by atoms with Gasteiger partial charge in [0.15, 0.2) is 0 Å². The largest absolute Gasteiger partial charge is 0.353 e. The van der Waals surface area contributed by atoms with Gasteiger partial charge >= 0.3 is 0 Å². The van der Waals surface area contributed by atoms with Crippen LogP contribution in [0.25, 0.3) is 0 Å². The van der Waals surface area contributed by atoms with Crippen LogP contribution in [-0.4, -0.2) is 18.5 Å². The second-order valence-corrected chi connectivity index (χ2v) is 6.39. The fraction of sp³-hybridized carbons (Fsp3) is 0.929. The topological polar surface area (TPSA) is 55.1 Å². The van der Waals surface area contributed by atoms with Crippen molar-refractivity contribution in [2.45, 2.75) is 65.3 Å². The van der Waals surface area contributed by atoms with Crippen molar-refractivity contribution < 1.29 is 4.79 Å². The van der Waals surface area contributed by atoms with E-state index >= 15 is 0 Å². The molecule has 0 heterocycles. The third-order valence-corrected chi connectivity index (χ3v) is 3.97. The minimum absolute atomic E-state index is 0.204. The van der Waals surface area contributed by atoms with Crippen LogP contribution in [0.5, 0.6) is 0 Å². The highest BCUT2D eigenvalue weighted by Gasteiger charge is 2.27. The summed E-state index contributed by atoms with van der Waals surface area (Å²) in [5.74, 6) is 0.654. The molecule has 0 bridgehead atoms. The van der Waals surface area contributed by atoms with Crippen molar-refractivity contribution in [2.24, 2.45) is 17.1 Å². The van der Waals surface area contributed by atoms with Crippen LogP contribution in [0.15, 0.2) is 0 Å². The lowest BCUT2D eigenvalue weighted by Gasteiger charge is -2.34. The number of carbonyl (C=O) groups is 1. The fourth-order valence-corrected chi connectivity index (χ4v) is 2.34. The van der Waals surface area contributed by atoms with Gasteiger partial charge in [0.05, 0.1) is 0 Å². The Morgan fingerprint density at radius 3 is 2.53 bits per heavy atom. The van der Waals surface area contributed by atoms with Crippen molar-refractivity contribution in [2.75, 3.05) is 6.54 Å². The second kappa shape index (κ2) is 6.39. The number of nitrogens with two attached hydrogens (primary N) is 1. The number of amides is 1. The second-order valence-electron chi connectivity index (χ2n) is 6.39. The predicted molar refractivity (Wildman–Crippen MR) is 71.6 cm³/mol. The molecule has 1 saturated carbocycles. The van der Waals surface area contributed by atoms with Gasteiger partial charge in [0.25, 0.3) is 0 Å². The number of hydrogen-bond donors (Lipinski definition) is 2. The zero-order valence-electron chi connectivity index (χ0n) is 11.6. The van der Waals surface area contributed by atoms with E-state index in [1.54, 1.807) is 0 Å². The van der Waals surface area contributed by atoms with E-state index in [1.807, 2.05) is 0 Å². The molecular weight excluding hydrogens is 212 g/mol. The fourth-order valence-electron chi connectivity index (χ4n) is 2.34. The van der Waals surface area contributed by atoms with Crippen LogP contribution in [0.1, 0.15) is 59.3 Å². The van der Waals surface area contributed by atoms with Gasteiger partial charge in [-0.25, -0.2) is 0 Å². The van der Waals surface area contributed by atoms with Gasteiger partial charge in [0.1, 0.15) is 0 Å². The summed E-state index contributed by atoms with van der Waals surface area (Å²) >= 11 is 0. The van der Waals surface area contributed by atoms with Gasteiger partial charge in [-0.05, 0) is 50.0 Å². The Balaban J connectivity index is 2.19. The van der Waals surface area contributed by atoms with Gasteiger partial charge in [-0.1, -0.05) is 20.8 Å². The maximum absolute atomic E-state index is 11.7. The molecule has 100 valence electrons. The summed E-state index contributed by atoms with van der Waals surface area (Å²) in [6, 6.07) is 0.406. The molecule has 0 radical (unpaired) electrons. The Bertz CT molecular complexity index is 241. The van der Waals surface area contributed by atoms with E-state index in [-0.39, 0.29) is 5.91 Å². The zero-order chi connectivity index (χ0) is 12.9. The Morgan fingerprint density at radius 2 is 2.00 bits per heavy atom. The maximum Gasteiger partial charge on any atom is 0.220 e. The average Bonchev–Trinajstić information content (AvgIpc) is 2.29. The SMILES string of the molecule is CC(CN)CCC(=O)NC1CCC(C)(C)CC1. The minimum atomic E-state index is 0.204. The number of carbonyl (C=O) groups excluding carboxylic acids is 1. The first kappa shape index (κ1) is 14.5. The molecule has 0 spiro atoms. The van der Waals surface area contributed by atoms with Crippen molar-refractivity contribution in [3.05, 3.63) is 0 Å². The van der Waals surface area contributed by atoms with E-state index in [1.165, 1.54) is 12.8 Å². The molecule has 3 heteroatoms. The van der Waals surface area contributed by atoms with Crippen molar-refractivity contribution in [1.82, 2.24) is 5.32 Å². The first-order valence-corrected chi connectivity index (χ1v) is 6.92. The molecule has 1 atom stereocenters. The van der Waals surface area contributed by atoms with Crippen LogP contribution in [0.2, 0.25) is 0 Å². The number of hydrogen-bond acceptors (Lipinski definition) is 2. The third-order valence-electron chi connectivity index (χ3n) is 3.97. The molecule has 0 aromatic rings. The molecule has 1 aliphatic carbocycles. The monoisotopic (exact) mass is 240 g/mol. The lowest BCUT2D eigenvalue weighted by Crippen LogP contribution is -2.39. The molecule has 1 fully saturated rings. The van der Waals surface area contributed by atoms with Gasteiger partial charge in [-0.3, -0.25) is 4.79 Å². The van der Waals surface area contributed by atoms with Crippen molar-refractivity contribution in [3.8, 4) is 0 Å². The van der Waals surface area contributed by atoms with Gasteiger partial charge in [0, 0.05) is 12.5 Å². The Morgan fingerprint density at radius 1 is 1.41 bits per heavy atom. The zero-order valence-corrected chi connectivity index (χ0v) is 11.6. The van der Waals surface area contributed by atoms with Gasteiger partial charge in [0.2, 0.25) is 5.91 Å². The molecule has 3 N–H and O–H groups in total. The Kier molecular flexibility index (Phi) is 5.44. The van der Waals surface area contributed by atoms with E-state index in [0.717, 1.165) is 19.3 Å². The van der Waals surface area contributed by atoms with E-state index in [2.05, 4.69) is 26.1 Å². The first-order valence-electron chi connectivity index (χ1n) is 6.92. The van der Waals surface area contributed by atoms with E-state index < -0.39 is 0 Å². The van der Waals surface area contributed by atoms with Crippen molar-refractivity contribution >= 4 is 5.91 Å². The molecule has 0 aromatic carbocycles. The van der Waals surface area contributed by atoms with Crippen molar-refractivity contribution in [1.29, 1.82) is 0 Å². The highest BCUT2D eigenvalue weighted by atomic mass is 16.1. The van der Waals surface area contributed by atoms with Crippen LogP contribution in [0.4, 0.5) is 0 Å². The van der Waals surface area contributed by atoms with Crippen molar-refractivity contribution in [3.63, 3.8) is 0 Å². The smallest absolute Gasteiger partial charge is 0.220 e. The molecule has 1 unspecified atom stereocenters. The average molecular weight is 240 g/mol.